The summed E-state index contributed by atoms with van der Waals surface area (Å²) in [5.41, 5.74) is -0.685. The van der Waals surface area contributed by atoms with Gasteiger partial charge in [-0.15, -0.1) is 0 Å². The van der Waals surface area contributed by atoms with Gasteiger partial charge in [0.2, 0.25) is 5.88 Å². The maximum atomic E-state index is 12.8. The van der Waals surface area contributed by atoms with Crippen molar-refractivity contribution in [2.24, 2.45) is 0 Å². The first kappa shape index (κ1) is 16.3. The molecule has 0 aliphatic carbocycles. The summed E-state index contributed by atoms with van der Waals surface area (Å²) >= 11 is 0. The van der Waals surface area contributed by atoms with Gasteiger partial charge < -0.3 is 14.5 Å². The number of halogens is 3. The highest BCUT2D eigenvalue weighted by Crippen LogP contribution is 2.31. The third kappa shape index (κ3) is 3.50. The fraction of sp³-hybridized carbons (Fsp3) is 0.400. The van der Waals surface area contributed by atoms with E-state index in [1.807, 2.05) is 9.80 Å². The lowest BCUT2D eigenvalue weighted by Crippen LogP contribution is -2.47. The molecule has 1 saturated heterocycles. The van der Waals surface area contributed by atoms with Crippen LogP contribution in [0.3, 0.4) is 0 Å². The number of aromatic nitrogens is 3. The van der Waals surface area contributed by atoms with Crippen LogP contribution < -0.4 is 14.5 Å². The normalized spacial score (nSPS) is 15.5. The van der Waals surface area contributed by atoms with Gasteiger partial charge in [-0.2, -0.15) is 13.2 Å². The lowest BCUT2D eigenvalue weighted by atomic mass is 10.2. The maximum absolute atomic E-state index is 12.8. The number of hydrogen-bond donors (Lipinski definition) is 0. The SMILES string of the molecule is COc1cc(N2CCN(c3cc(C(F)(F)F)ccn3)CC2)ncn1. The minimum Gasteiger partial charge on any atom is -0.481 e. The van der Waals surface area contributed by atoms with Crippen LogP contribution in [0.25, 0.3) is 0 Å². The molecule has 9 heteroatoms. The average Bonchev–Trinajstić information content (AvgIpc) is 2.61. The third-order valence-electron chi connectivity index (χ3n) is 3.84. The van der Waals surface area contributed by atoms with E-state index in [0.29, 0.717) is 37.9 Å². The van der Waals surface area contributed by atoms with Gasteiger partial charge in [0.25, 0.3) is 0 Å². The predicted octanol–water partition coefficient (Wildman–Crippen LogP) is 2.23. The van der Waals surface area contributed by atoms with Crippen molar-refractivity contribution in [2.75, 3.05) is 43.1 Å². The number of nitrogens with zero attached hydrogens (tertiary/aromatic N) is 5. The van der Waals surface area contributed by atoms with Gasteiger partial charge in [0, 0.05) is 38.4 Å². The van der Waals surface area contributed by atoms with E-state index in [9.17, 15) is 13.2 Å². The van der Waals surface area contributed by atoms with Gasteiger partial charge in [-0.3, -0.25) is 0 Å². The van der Waals surface area contributed by atoms with Crippen LogP contribution in [0.1, 0.15) is 5.56 Å². The van der Waals surface area contributed by atoms with E-state index < -0.39 is 11.7 Å². The Morgan fingerprint density at radius 3 is 2.17 bits per heavy atom. The molecule has 3 heterocycles. The number of alkyl halides is 3. The van der Waals surface area contributed by atoms with Gasteiger partial charge in [0.15, 0.2) is 0 Å². The Labute approximate surface area is 136 Å². The highest BCUT2D eigenvalue weighted by atomic mass is 19.4. The molecule has 2 aromatic heterocycles. The molecule has 3 rings (SSSR count). The van der Waals surface area contributed by atoms with Gasteiger partial charge in [0.1, 0.15) is 18.0 Å². The summed E-state index contributed by atoms with van der Waals surface area (Å²) in [6, 6.07) is 3.80. The summed E-state index contributed by atoms with van der Waals surface area (Å²) in [4.78, 5) is 16.1. The van der Waals surface area contributed by atoms with Crippen molar-refractivity contribution in [2.45, 2.75) is 6.18 Å². The van der Waals surface area contributed by atoms with Crippen LogP contribution in [0.5, 0.6) is 5.88 Å². The molecule has 6 nitrogen and oxygen atoms in total. The monoisotopic (exact) mass is 339 g/mol. The van der Waals surface area contributed by atoms with Crippen molar-refractivity contribution in [1.29, 1.82) is 0 Å². The van der Waals surface area contributed by atoms with Crippen molar-refractivity contribution in [3.05, 3.63) is 36.3 Å². The first-order valence-corrected chi connectivity index (χ1v) is 7.36. The van der Waals surface area contributed by atoms with E-state index in [2.05, 4.69) is 15.0 Å². The molecule has 1 aliphatic rings. The zero-order chi connectivity index (χ0) is 17.2. The second-order valence-electron chi connectivity index (χ2n) is 5.29. The predicted molar refractivity (Wildman–Crippen MR) is 82.2 cm³/mol. The summed E-state index contributed by atoms with van der Waals surface area (Å²) in [5, 5.41) is 0. The first-order chi connectivity index (χ1) is 11.5. The van der Waals surface area contributed by atoms with E-state index in [-0.39, 0.29) is 0 Å². The van der Waals surface area contributed by atoms with Gasteiger partial charge in [-0.1, -0.05) is 0 Å². The van der Waals surface area contributed by atoms with Crippen molar-refractivity contribution in [3.8, 4) is 5.88 Å². The molecule has 0 atom stereocenters. The quantitative estimate of drug-likeness (QED) is 0.855. The van der Waals surface area contributed by atoms with Gasteiger partial charge >= 0.3 is 6.18 Å². The summed E-state index contributed by atoms with van der Waals surface area (Å²) in [6.07, 6.45) is -1.74. The fourth-order valence-electron chi connectivity index (χ4n) is 2.55. The molecule has 0 aromatic carbocycles. The second kappa shape index (κ2) is 6.50. The zero-order valence-corrected chi connectivity index (χ0v) is 13.0. The number of hydrogen-bond acceptors (Lipinski definition) is 6. The Balaban J connectivity index is 1.69. The Kier molecular flexibility index (Phi) is 4.41. The smallest absolute Gasteiger partial charge is 0.416 e. The third-order valence-corrected chi connectivity index (χ3v) is 3.84. The number of methoxy groups -OCH3 is 1. The minimum absolute atomic E-state index is 0.338. The first-order valence-electron chi connectivity index (χ1n) is 7.36. The molecule has 24 heavy (non-hydrogen) atoms. The molecule has 0 unspecified atom stereocenters. The largest absolute Gasteiger partial charge is 0.481 e. The van der Waals surface area contributed by atoms with E-state index in [1.165, 1.54) is 19.6 Å². The Hall–Kier alpha value is -2.58. The Morgan fingerprint density at radius 2 is 1.58 bits per heavy atom. The standard InChI is InChI=1S/C15H16F3N5O/c1-24-14-9-13(20-10-21-14)23-6-4-22(5-7-23)12-8-11(2-3-19-12)15(16,17)18/h2-3,8-10H,4-7H2,1H3. The minimum atomic E-state index is -4.36. The van der Waals surface area contributed by atoms with Gasteiger partial charge in [0.05, 0.1) is 12.7 Å². The molecule has 1 fully saturated rings. The van der Waals surface area contributed by atoms with Crippen LogP contribution in [-0.2, 0) is 6.18 Å². The van der Waals surface area contributed by atoms with E-state index in [4.69, 9.17) is 4.74 Å². The second-order valence-corrected chi connectivity index (χ2v) is 5.29. The van der Waals surface area contributed by atoms with Crippen LogP contribution in [0.15, 0.2) is 30.7 Å². The van der Waals surface area contributed by atoms with Crippen molar-refractivity contribution >= 4 is 11.6 Å². The molecular weight excluding hydrogens is 323 g/mol. The molecule has 0 radical (unpaired) electrons. The molecule has 0 saturated carbocycles. The van der Waals surface area contributed by atoms with Crippen LogP contribution >= 0.6 is 0 Å². The Morgan fingerprint density at radius 1 is 0.958 bits per heavy atom. The summed E-state index contributed by atoms with van der Waals surface area (Å²) in [6.45, 7) is 2.36. The summed E-state index contributed by atoms with van der Waals surface area (Å²) in [7, 11) is 1.53. The van der Waals surface area contributed by atoms with Crippen LogP contribution in [0.2, 0.25) is 0 Å². The van der Waals surface area contributed by atoms with Crippen LogP contribution in [0.4, 0.5) is 24.8 Å². The lowest BCUT2D eigenvalue weighted by molar-refractivity contribution is -0.137. The highest BCUT2D eigenvalue weighted by molar-refractivity contribution is 5.47. The van der Waals surface area contributed by atoms with Gasteiger partial charge in [-0.05, 0) is 12.1 Å². The molecule has 0 bridgehead atoms. The number of anilines is 2. The number of piperazine rings is 1. The topological polar surface area (TPSA) is 54.4 Å². The molecule has 0 N–H and O–H groups in total. The van der Waals surface area contributed by atoms with Crippen LogP contribution in [-0.4, -0.2) is 48.2 Å². The maximum Gasteiger partial charge on any atom is 0.416 e. The summed E-state index contributed by atoms with van der Waals surface area (Å²) in [5.74, 6) is 1.55. The Bertz CT molecular complexity index is 702. The molecular formula is C15H16F3N5O. The van der Waals surface area contributed by atoms with Crippen LogP contribution in [0, 0.1) is 0 Å². The number of ether oxygens (including phenoxy) is 1. The van der Waals surface area contributed by atoms with Crippen molar-refractivity contribution in [1.82, 2.24) is 15.0 Å². The summed E-state index contributed by atoms with van der Waals surface area (Å²) < 4.78 is 43.5. The lowest BCUT2D eigenvalue weighted by Gasteiger charge is -2.36. The molecule has 0 spiro atoms. The van der Waals surface area contributed by atoms with Crippen molar-refractivity contribution in [3.63, 3.8) is 0 Å². The average molecular weight is 339 g/mol. The van der Waals surface area contributed by atoms with E-state index in [1.54, 1.807) is 6.07 Å². The van der Waals surface area contributed by atoms with Crippen molar-refractivity contribution < 1.29 is 17.9 Å². The highest BCUT2D eigenvalue weighted by Gasteiger charge is 2.31. The molecule has 128 valence electrons. The van der Waals surface area contributed by atoms with E-state index >= 15 is 0 Å². The molecule has 2 aromatic rings. The molecule has 1 aliphatic heterocycles. The fourth-order valence-corrected chi connectivity index (χ4v) is 2.55. The zero-order valence-electron chi connectivity index (χ0n) is 13.0. The van der Waals surface area contributed by atoms with E-state index in [0.717, 1.165) is 18.0 Å². The number of pyridine rings is 1. The number of rotatable bonds is 3. The molecule has 0 amide bonds. The van der Waals surface area contributed by atoms with Gasteiger partial charge in [-0.25, -0.2) is 15.0 Å².